The van der Waals surface area contributed by atoms with Gasteiger partial charge in [0.2, 0.25) is 10.0 Å². The van der Waals surface area contributed by atoms with Gasteiger partial charge in [-0.15, -0.1) is 0 Å². The van der Waals surface area contributed by atoms with Crippen molar-refractivity contribution in [2.24, 2.45) is 0 Å². The second-order valence-corrected chi connectivity index (χ2v) is 7.58. The molecule has 7 heteroatoms. The maximum Gasteiger partial charge on any atom is 0.211 e. The molecule has 0 unspecified atom stereocenters. The lowest BCUT2D eigenvalue weighted by Crippen LogP contribution is -2.48. The molecule has 18 heavy (non-hydrogen) atoms. The van der Waals surface area contributed by atoms with E-state index in [1.54, 1.807) is 0 Å². The van der Waals surface area contributed by atoms with E-state index in [9.17, 15) is 8.42 Å². The lowest BCUT2D eigenvalue weighted by molar-refractivity contribution is 0.388. The van der Waals surface area contributed by atoms with E-state index in [-0.39, 0.29) is 0 Å². The van der Waals surface area contributed by atoms with Crippen molar-refractivity contribution in [2.75, 3.05) is 43.1 Å². The zero-order chi connectivity index (χ0) is 13.3. The van der Waals surface area contributed by atoms with Crippen molar-refractivity contribution in [3.05, 3.63) is 21.8 Å². The molecular weight excluding hydrogens is 365 g/mol. The lowest BCUT2D eigenvalue weighted by atomic mass is 10.2. The summed E-state index contributed by atoms with van der Waals surface area (Å²) in [6.07, 6.45) is 1.25. The van der Waals surface area contributed by atoms with Gasteiger partial charge in [0, 0.05) is 29.7 Å². The van der Waals surface area contributed by atoms with Gasteiger partial charge < -0.3 is 10.6 Å². The highest BCUT2D eigenvalue weighted by Crippen LogP contribution is 2.26. The van der Waals surface area contributed by atoms with E-state index in [0.29, 0.717) is 26.2 Å². The number of hydrogen-bond donors (Lipinski definition) is 1. The molecule has 1 fully saturated rings. The number of piperazine rings is 1. The van der Waals surface area contributed by atoms with Crippen molar-refractivity contribution in [1.82, 2.24) is 4.31 Å². The maximum atomic E-state index is 11.4. The number of halogens is 1. The molecule has 0 radical (unpaired) electrons. The van der Waals surface area contributed by atoms with Crippen LogP contribution in [-0.4, -0.2) is 45.2 Å². The molecule has 0 atom stereocenters. The molecule has 1 saturated heterocycles. The fourth-order valence-corrected chi connectivity index (χ4v) is 3.42. The van der Waals surface area contributed by atoms with Crippen LogP contribution in [0.5, 0.6) is 0 Å². The van der Waals surface area contributed by atoms with E-state index in [1.165, 1.54) is 10.6 Å². The quantitative estimate of drug-likeness (QED) is 0.612. The normalized spacial score (nSPS) is 18.0. The summed E-state index contributed by atoms with van der Waals surface area (Å²) in [6.45, 7) is 2.39. The number of rotatable bonds is 2. The summed E-state index contributed by atoms with van der Waals surface area (Å²) in [6, 6.07) is 5.93. The topological polar surface area (TPSA) is 66.6 Å². The van der Waals surface area contributed by atoms with Crippen LogP contribution in [0.25, 0.3) is 0 Å². The summed E-state index contributed by atoms with van der Waals surface area (Å²) in [5.74, 6) is 0. The highest BCUT2D eigenvalue weighted by Gasteiger charge is 2.24. The van der Waals surface area contributed by atoms with Crippen molar-refractivity contribution < 1.29 is 8.42 Å². The van der Waals surface area contributed by atoms with Crippen LogP contribution in [0, 0.1) is 3.57 Å². The van der Waals surface area contributed by atoms with Crippen LogP contribution in [0.3, 0.4) is 0 Å². The van der Waals surface area contributed by atoms with Gasteiger partial charge in [-0.25, -0.2) is 8.42 Å². The van der Waals surface area contributed by atoms with E-state index >= 15 is 0 Å². The second kappa shape index (κ2) is 5.22. The number of benzene rings is 1. The van der Waals surface area contributed by atoms with Gasteiger partial charge in [-0.2, -0.15) is 4.31 Å². The van der Waals surface area contributed by atoms with E-state index in [0.717, 1.165) is 14.9 Å². The molecule has 2 rings (SSSR count). The summed E-state index contributed by atoms with van der Waals surface area (Å²) in [5, 5.41) is 0. The minimum Gasteiger partial charge on any atom is -0.397 e. The average Bonchev–Trinajstić information content (AvgIpc) is 2.28. The first-order valence-electron chi connectivity index (χ1n) is 5.63. The molecule has 0 aromatic heterocycles. The molecule has 2 N–H and O–H groups in total. The van der Waals surface area contributed by atoms with Crippen LogP contribution in [0.15, 0.2) is 18.2 Å². The zero-order valence-electron chi connectivity index (χ0n) is 10.1. The first-order chi connectivity index (χ1) is 8.38. The highest BCUT2D eigenvalue weighted by molar-refractivity contribution is 14.1. The lowest BCUT2D eigenvalue weighted by Gasteiger charge is -2.35. The standard InChI is InChI=1S/C11H16IN3O2S/c1-18(16,17)15-6-4-14(5-7-15)11-3-2-9(12)8-10(11)13/h2-3,8H,4-7,13H2,1H3. The summed E-state index contributed by atoms with van der Waals surface area (Å²) >= 11 is 2.22. The third kappa shape index (κ3) is 3.07. The van der Waals surface area contributed by atoms with Crippen LogP contribution in [-0.2, 0) is 10.0 Å². The second-order valence-electron chi connectivity index (χ2n) is 4.35. The third-order valence-corrected chi connectivity index (χ3v) is 5.01. The molecule has 0 spiro atoms. The van der Waals surface area contributed by atoms with Crippen LogP contribution >= 0.6 is 22.6 Å². The molecule has 0 amide bonds. The average molecular weight is 381 g/mol. The predicted molar refractivity (Wildman–Crippen MR) is 82.2 cm³/mol. The summed E-state index contributed by atoms with van der Waals surface area (Å²) in [5.41, 5.74) is 7.73. The monoisotopic (exact) mass is 381 g/mol. The van der Waals surface area contributed by atoms with Crippen molar-refractivity contribution >= 4 is 44.0 Å². The van der Waals surface area contributed by atoms with Crippen LogP contribution in [0.4, 0.5) is 11.4 Å². The van der Waals surface area contributed by atoms with Gasteiger partial charge in [-0.05, 0) is 40.8 Å². The number of anilines is 2. The molecular formula is C11H16IN3O2S. The maximum absolute atomic E-state index is 11.4. The molecule has 0 aliphatic carbocycles. The molecule has 100 valence electrons. The van der Waals surface area contributed by atoms with Gasteiger partial charge in [-0.3, -0.25) is 0 Å². The number of sulfonamides is 1. The Labute approximate surface area is 121 Å². The first kappa shape index (κ1) is 13.9. The highest BCUT2D eigenvalue weighted by atomic mass is 127. The zero-order valence-corrected chi connectivity index (χ0v) is 13.1. The summed E-state index contributed by atoms with van der Waals surface area (Å²) in [7, 11) is -3.07. The van der Waals surface area contributed by atoms with Crippen LogP contribution in [0.1, 0.15) is 0 Å². The third-order valence-electron chi connectivity index (χ3n) is 3.04. The Kier molecular flexibility index (Phi) is 4.02. The minimum atomic E-state index is -3.07. The fraction of sp³-hybridized carbons (Fsp3) is 0.455. The number of nitrogens with zero attached hydrogens (tertiary/aromatic N) is 2. The van der Waals surface area contributed by atoms with Gasteiger partial charge in [0.05, 0.1) is 17.6 Å². The number of hydrogen-bond acceptors (Lipinski definition) is 4. The summed E-state index contributed by atoms with van der Waals surface area (Å²) in [4.78, 5) is 2.13. The SMILES string of the molecule is CS(=O)(=O)N1CCN(c2ccc(I)cc2N)CC1. The van der Waals surface area contributed by atoms with Gasteiger partial charge in [0.15, 0.2) is 0 Å². The summed E-state index contributed by atoms with van der Waals surface area (Å²) < 4.78 is 25.5. The smallest absolute Gasteiger partial charge is 0.211 e. The van der Waals surface area contributed by atoms with Crippen molar-refractivity contribution in [3.8, 4) is 0 Å². The Morgan fingerprint density at radius 1 is 1.22 bits per heavy atom. The van der Waals surface area contributed by atoms with E-state index in [4.69, 9.17) is 5.73 Å². The molecule has 0 bridgehead atoms. The Balaban J connectivity index is 2.10. The molecule has 1 aliphatic heterocycles. The van der Waals surface area contributed by atoms with Gasteiger partial charge in [0.25, 0.3) is 0 Å². The largest absolute Gasteiger partial charge is 0.397 e. The molecule has 1 aliphatic rings. The van der Waals surface area contributed by atoms with E-state index in [1.807, 2.05) is 18.2 Å². The Morgan fingerprint density at radius 3 is 2.33 bits per heavy atom. The fourth-order valence-electron chi connectivity index (χ4n) is 2.07. The molecule has 0 saturated carbocycles. The van der Waals surface area contributed by atoms with Crippen LogP contribution in [0.2, 0.25) is 0 Å². The number of nitrogen functional groups attached to an aromatic ring is 1. The van der Waals surface area contributed by atoms with Gasteiger partial charge >= 0.3 is 0 Å². The van der Waals surface area contributed by atoms with Crippen molar-refractivity contribution in [3.63, 3.8) is 0 Å². The van der Waals surface area contributed by atoms with Gasteiger partial charge in [0.1, 0.15) is 0 Å². The Bertz CT molecular complexity index is 539. The first-order valence-corrected chi connectivity index (χ1v) is 8.56. The molecule has 1 aromatic carbocycles. The Morgan fingerprint density at radius 2 is 1.83 bits per heavy atom. The number of nitrogens with two attached hydrogens (primary N) is 1. The Hall–Kier alpha value is -0.540. The van der Waals surface area contributed by atoms with Crippen molar-refractivity contribution in [2.45, 2.75) is 0 Å². The molecule has 1 aromatic rings. The minimum absolute atomic E-state index is 0.518. The van der Waals surface area contributed by atoms with Crippen molar-refractivity contribution in [1.29, 1.82) is 0 Å². The predicted octanol–water partition coefficient (Wildman–Crippen LogP) is 0.955. The van der Waals surface area contributed by atoms with E-state index in [2.05, 4.69) is 27.5 Å². The molecule has 1 heterocycles. The molecule has 5 nitrogen and oxygen atoms in total. The van der Waals surface area contributed by atoms with Crippen LogP contribution < -0.4 is 10.6 Å². The van der Waals surface area contributed by atoms with E-state index < -0.39 is 10.0 Å². The van der Waals surface area contributed by atoms with Gasteiger partial charge in [-0.1, -0.05) is 0 Å².